The molecule has 0 N–H and O–H groups in total. The number of hydrogen-bond donors (Lipinski definition) is 0. The molecule has 0 unspecified atom stereocenters. The SMILES string of the molecule is C1=C\CC/C=C\CC/1.CC12C(C3=C([PH+](c4ccccc4)c4ccccc4)C4c5ccccc5C3(C)c3ccccc34)=C([PH+](c3ccccc3)c3ccccc3)C(c3ccccc31)c1ccccc12.ClC(Cl)Cl.ClC(Cl)Cl.F[B-](F)(F)F.[Rh]. The summed E-state index contributed by atoms with van der Waals surface area (Å²) in [5, 5.41) is 9.04. The van der Waals surface area contributed by atoms with Crippen LogP contribution in [0, 0.1) is 0 Å². The van der Waals surface area contributed by atoms with Gasteiger partial charge in [-0.25, -0.2) is 0 Å². The van der Waals surface area contributed by atoms with Gasteiger partial charge in [-0.2, -0.15) is 0 Å². The van der Waals surface area contributed by atoms with E-state index in [0.717, 1.165) is 0 Å². The summed E-state index contributed by atoms with van der Waals surface area (Å²) in [5.41, 5.74) is 14.0. The minimum Gasteiger partial charge on any atom is -0.418 e. The summed E-state index contributed by atoms with van der Waals surface area (Å²) >= 11 is 28.8. The van der Waals surface area contributed by atoms with Crippen LogP contribution < -0.4 is 21.2 Å². The standard InChI is InChI=1S/C58H44P2.C8H12.2CHCl3.BF4.Rh/c1-57-47-35-19-15-31-43(47)51(44-32-16-20-36-48(44)57)55(59(39-23-7-3-8-24-39)40-25-9-4-10-26-40)53(57)54-56(60(41-27-11-5-12-28-41)42-29-13-6-14-30-42)52-45-33-17-21-37-49(45)58(54,2)50-38-22-18-34-46(50)52;1-2-4-6-8-7-5-3-1;2*2-1(3)4;2-1(3,4)5;/h3-38,51-52H,1-2H3;1-2,7-8H,3-6H2;2*1H;;/q;;;;-1;/p+2/b;2-1-,8-7-;;;;. The molecule has 8 aromatic carbocycles. The maximum absolute atomic E-state index is 9.75. The molecule has 15 rings (SSSR count). The molecule has 0 atom stereocenters. The van der Waals surface area contributed by atoms with E-state index in [9.17, 15) is 17.3 Å². The molecule has 0 saturated carbocycles. The third-order valence-corrected chi connectivity index (χ3v) is 21.5. The van der Waals surface area contributed by atoms with E-state index in [-0.39, 0.29) is 31.3 Å². The first-order valence-electron chi connectivity index (χ1n) is 26.9. The van der Waals surface area contributed by atoms with Gasteiger partial charge in [-0.15, -0.1) is 0 Å². The second-order valence-corrected chi connectivity index (χ2v) is 29.2. The second kappa shape index (κ2) is 28.7. The van der Waals surface area contributed by atoms with Gasteiger partial charge >= 0.3 is 7.25 Å². The third kappa shape index (κ3) is 13.7. The molecule has 0 spiro atoms. The average molecular weight is 1340 g/mol. The number of rotatable bonds is 7. The van der Waals surface area contributed by atoms with Gasteiger partial charge in [-0.1, -0.05) is 264 Å². The predicted molar refractivity (Wildman–Crippen MR) is 347 cm³/mol. The van der Waals surface area contributed by atoms with Crippen molar-refractivity contribution >= 4 is 114 Å². The van der Waals surface area contributed by atoms with E-state index in [4.69, 9.17) is 69.6 Å². The molecular formula is C68H60BCl6F4P2Rh+. The largest absolute Gasteiger partial charge is 0.673 e. The van der Waals surface area contributed by atoms with E-state index in [1.807, 2.05) is 0 Å². The Labute approximate surface area is 526 Å². The first kappa shape index (κ1) is 63.7. The molecule has 0 fully saturated rings. The predicted octanol–water partition coefficient (Wildman–Crippen LogP) is 20.1. The third-order valence-electron chi connectivity index (χ3n) is 15.7. The number of halogens is 10. The van der Waals surface area contributed by atoms with Crippen molar-refractivity contribution in [1.29, 1.82) is 0 Å². The van der Waals surface area contributed by atoms with Crippen LogP contribution in [0.25, 0.3) is 0 Å². The van der Waals surface area contributed by atoms with Gasteiger partial charge in [0.1, 0.15) is 21.2 Å². The summed E-state index contributed by atoms with van der Waals surface area (Å²) in [7, 11) is -9.13. The number of fused-ring (bicyclic) bond motifs is 1. The van der Waals surface area contributed by atoms with Crippen LogP contribution in [0.2, 0.25) is 0 Å². The molecule has 7 aliphatic carbocycles. The average Bonchev–Trinajstić information content (AvgIpc) is 0.993. The Morgan fingerprint density at radius 1 is 0.354 bits per heavy atom. The normalized spacial score (nSPS) is 20.3. The van der Waals surface area contributed by atoms with Crippen molar-refractivity contribution in [2.75, 3.05) is 0 Å². The quantitative estimate of drug-likeness (QED) is 0.0490. The summed E-state index contributed by atoms with van der Waals surface area (Å²) in [6.07, 6.45) is 14.0. The van der Waals surface area contributed by atoms with Crippen molar-refractivity contribution in [3.05, 3.63) is 309 Å². The maximum atomic E-state index is 9.75. The van der Waals surface area contributed by atoms with Gasteiger partial charge < -0.3 is 17.3 Å². The zero-order valence-electron chi connectivity index (χ0n) is 44.9. The molecule has 0 saturated heterocycles. The molecule has 0 aliphatic heterocycles. The Kier molecular flexibility index (Phi) is 22.3. The van der Waals surface area contributed by atoms with Crippen LogP contribution in [-0.2, 0) is 30.3 Å². The van der Waals surface area contributed by atoms with Crippen LogP contribution in [0.3, 0.4) is 0 Å². The van der Waals surface area contributed by atoms with Crippen LogP contribution in [0.15, 0.2) is 264 Å². The smallest absolute Gasteiger partial charge is 0.418 e. The summed E-state index contributed by atoms with van der Waals surface area (Å²) in [4.78, 5) is 0. The van der Waals surface area contributed by atoms with Crippen molar-refractivity contribution in [3.63, 3.8) is 0 Å². The molecule has 0 heterocycles. The summed E-state index contributed by atoms with van der Waals surface area (Å²) in [6.45, 7) is 5.22. The Hall–Kier alpha value is -4.27. The van der Waals surface area contributed by atoms with Crippen molar-refractivity contribution in [1.82, 2.24) is 0 Å². The van der Waals surface area contributed by atoms with Gasteiger partial charge in [0.15, 0.2) is 8.59 Å². The summed E-state index contributed by atoms with van der Waals surface area (Å²) in [5.74, 6) is 0.242. The number of allylic oxidation sites excluding steroid dienone is 8. The molecule has 0 nitrogen and oxygen atoms in total. The summed E-state index contributed by atoms with van der Waals surface area (Å²) < 4.78 is 37.5. The minimum absolute atomic E-state index is 0. The second-order valence-electron chi connectivity index (χ2n) is 20.3. The van der Waals surface area contributed by atoms with Crippen LogP contribution in [0.5, 0.6) is 0 Å². The monoisotopic (exact) mass is 1340 g/mol. The van der Waals surface area contributed by atoms with Crippen LogP contribution >= 0.6 is 85.4 Å². The number of benzene rings is 8. The molecular weight excluding hydrogens is 1280 g/mol. The molecule has 4 bridgehead atoms. The molecule has 0 aromatic heterocycles. The van der Waals surface area contributed by atoms with Crippen LogP contribution in [0.1, 0.15) is 95.9 Å². The van der Waals surface area contributed by atoms with Gasteiger partial charge in [0.05, 0.1) is 38.3 Å². The van der Waals surface area contributed by atoms with Crippen molar-refractivity contribution in [2.24, 2.45) is 0 Å². The van der Waals surface area contributed by atoms with Crippen molar-refractivity contribution in [3.8, 4) is 0 Å². The number of hydrogen-bond acceptors (Lipinski definition) is 0. The Bertz CT molecular complexity index is 3120. The zero-order chi connectivity index (χ0) is 57.3. The van der Waals surface area contributed by atoms with Gasteiger partial charge in [0.25, 0.3) is 0 Å². The van der Waals surface area contributed by atoms with Gasteiger partial charge in [0.2, 0.25) is 0 Å². The zero-order valence-corrected chi connectivity index (χ0v) is 53.1. The van der Waals surface area contributed by atoms with Crippen molar-refractivity contribution in [2.45, 2.75) is 70.8 Å². The summed E-state index contributed by atoms with van der Waals surface area (Å²) in [6, 6.07) is 84.3. The first-order valence-corrected chi connectivity index (χ1v) is 32.5. The fraction of sp³-hybridized carbons (Fsp3) is 0.176. The van der Waals surface area contributed by atoms with Gasteiger partial charge in [0, 0.05) is 41.5 Å². The molecule has 8 aromatic rings. The first-order chi connectivity index (χ1) is 39.1. The fourth-order valence-corrected chi connectivity index (χ4v) is 19.4. The van der Waals surface area contributed by atoms with Crippen LogP contribution in [-0.4, -0.2) is 15.8 Å². The van der Waals surface area contributed by atoms with E-state index < -0.39 is 42.5 Å². The molecule has 0 amide bonds. The Morgan fingerprint density at radius 3 is 0.744 bits per heavy atom. The molecule has 423 valence electrons. The van der Waals surface area contributed by atoms with E-state index in [1.165, 1.54) is 91.4 Å². The Morgan fingerprint density at radius 2 is 0.537 bits per heavy atom. The van der Waals surface area contributed by atoms with Gasteiger partial charge in [-0.3, -0.25) is 0 Å². The van der Waals surface area contributed by atoms with E-state index in [1.54, 1.807) is 21.8 Å². The maximum Gasteiger partial charge on any atom is 0.673 e. The van der Waals surface area contributed by atoms with Crippen LogP contribution in [0.4, 0.5) is 17.3 Å². The van der Waals surface area contributed by atoms with E-state index in [0.29, 0.717) is 0 Å². The molecule has 82 heavy (non-hydrogen) atoms. The van der Waals surface area contributed by atoms with E-state index in [2.05, 4.69) is 257 Å². The Balaban J connectivity index is 0.000000343. The minimum atomic E-state index is -6.00. The van der Waals surface area contributed by atoms with Gasteiger partial charge in [-0.05, 0) is 133 Å². The topological polar surface area (TPSA) is 0 Å². The fourth-order valence-electron chi connectivity index (χ4n) is 13.0. The molecule has 7 aliphatic rings. The molecule has 1 radical (unpaired) electrons. The molecule has 14 heteroatoms. The number of alkyl halides is 6. The van der Waals surface area contributed by atoms with Crippen molar-refractivity contribution < 1.29 is 36.7 Å². The van der Waals surface area contributed by atoms with E-state index >= 15 is 0 Å².